The van der Waals surface area contributed by atoms with Crippen LogP contribution < -0.4 is 5.32 Å². The molecule has 0 saturated carbocycles. The molecule has 0 aromatic carbocycles. The van der Waals surface area contributed by atoms with E-state index in [0.717, 1.165) is 5.57 Å². The van der Waals surface area contributed by atoms with Gasteiger partial charge in [-0.1, -0.05) is 71.4 Å². The molecule has 1 fully saturated rings. The number of ether oxygens (including phenoxy) is 1. The first kappa shape index (κ1) is 36.9. The lowest BCUT2D eigenvalue weighted by atomic mass is 9.94. The van der Waals surface area contributed by atoms with E-state index in [4.69, 9.17) is 9.16 Å². The van der Waals surface area contributed by atoms with Gasteiger partial charge in [0, 0.05) is 37.2 Å². The Morgan fingerprint density at radius 3 is 2.58 bits per heavy atom. The molecule has 0 spiro atoms. The second-order valence-corrected chi connectivity index (χ2v) is 19.9. The van der Waals surface area contributed by atoms with Crippen molar-refractivity contribution in [2.45, 2.75) is 117 Å². The number of aliphatic hydroxyl groups is 1. The molecule has 3 rings (SSSR count). The van der Waals surface area contributed by atoms with Crippen molar-refractivity contribution in [3.05, 3.63) is 52.0 Å². The molecular weight excluding hydrogens is 607 g/mol. The third-order valence-corrected chi connectivity index (χ3v) is 14.3. The number of aromatic nitrogens is 1. The van der Waals surface area contributed by atoms with Gasteiger partial charge >= 0.3 is 5.97 Å². The number of aliphatic hydroxyl groups excluding tert-OH is 1. The fourth-order valence-electron chi connectivity index (χ4n) is 5.39. The van der Waals surface area contributed by atoms with E-state index < -0.39 is 32.5 Å². The van der Waals surface area contributed by atoms with Crippen LogP contribution in [0.15, 0.2) is 41.3 Å². The van der Waals surface area contributed by atoms with Crippen molar-refractivity contribution >= 4 is 37.4 Å². The Kier molecular flexibility index (Phi) is 12.9. The van der Waals surface area contributed by atoms with E-state index in [2.05, 4.69) is 44.2 Å². The van der Waals surface area contributed by atoms with Crippen LogP contribution in [0.25, 0.3) is 0 Å². The average molecular weight is 660 g/mol. The van der Waals surface area contributed by atoms with Crippen molar-refractivity contribution < 1.29 is 28.7 Å². The normalized spacial score (nSPS) is 29.4. The quantitative estimate of drug-likeness (QED) is 0.310. The van der Waals surface area contributed by atoms with Crippen molar-refractivity contribution in [2.75, 3.05) is 13.1 Å². The fourth-order valence-corrected chi connectivity index (χ4v) is 7.50. The number of esters is 1. The minimum atomic E-state index is -2.16. The molecule has 0 aliphatic carbocycles. The molecule has 1 saturated heterocycles. The van der Waals surface area contributed by atoms with Gasteiger partial charge in [-0.25, -0.2) is 9.78 Å². The summed E-state index contributed by atoms with van der Waals surface area (Å²) in [4.78, 5) is 45.6. The molecule has 1 unspecified atom stereocenters. The van der Waals surface area contributed by atoms with Crippen LogP contribution in [-0.4, -0.2) is 78.5 Å². The van der Waals surface area contributed by atoms with Gasteiger partial charge in [0.15, 0.2) is 8.32 Å². The van der Waals surface area contributed by atoms with Crippen LogP contribution in [0.2, 0.25) is 18.1 Å². The van der Waals surface area contributed by atoms with E-state index in [0.29, 0.717) is 37.4 Å². The molecule has 2 N–H and O–H groups in total. The summed E-state index contributed by atoms with van der Waals surface area (Å²) in [5.74, 6) is -1.18. The SMILES string of the molecule is CC1=C\C(O[Si](C)(C)C(C)(C)C)C[C@H](O)Cc2nc(cs2)C(=O)N2CCC[C@@H]2C(=O)O[C@H](C(C)C)[C@H](C)/C=C/C(=O)NC\C=C\1. The molecule has 2 aliphatic rings. The van der Waals surface area contributed by atoms with Crippen LogP contribution in [0, 0.1) is 11.8 Å². The summed E-state index contributed by atoms with van der Waals surface area (Å²) in [6, 6.07) is -0.689. The number of cyclic esters (lactones) is 1. The van der Waals surface area contributed by atoms with Gasteiger partial charge in [0.25, 0.3) is 5.91 Å². The number of allylic oxidation sites excluding steroid dienone is 2. The molecule has 2 amide bonds. The van der Waals surface area contributed by atoms with Crippen molar-refractivity contribution in [2.24, 2.45) is 11.8 Å². The lowest BCUT2D eigenvalue weighted by Crippen LogP contribution is -2.44. The van der Waals surface area contributed by atoms with E-state index in [1.54, 1.807) is 16.4 Å². The zero-order chi connectivity index (χ0) is 33.5. The smallest absolute Gasteiger partial charge is 0.329 e. The predicted octanol–water partition coefficient (Wildman–Crippen LogP) is 5.82. The van der Waals surface area contributed by atoms with Crippen LogP contribution in [0.1, 0.15) is 83.2 Å². The van der Waals surface area contributed by atoms with Crippen molar-refractivity contribution in [3.63, 3.8) is 0 Å². The number of carbonyl (C=O) groups excluding carboxylic acids is 3. The minimum absolute atomic E-state index is 0.00589. The maximum Gasteiger partial charge on any atom is 0.329 e. The van der Waals surface area contributed by atoms with Crippen molar-refractivity contribution in [1.29, 1.82) is 0 Å². The number of nitrogens with one attached hydrogen (secondary N) is 1. The predicted molar refractivity (Wildman–Crippen MR) is 181 cm³/mol. The first-order valence-electron chi connectivity index (χ1n) is 16.1. The van der Waals surface area contributed by atoms with Gasteiger partial charge in [0.1, 0.15) is 17.8 Å². The topological polar surface area (TPSA) is 118 Å². The highest BCUT2D eigenvalue weighted by molar-refractivity contribution is 7.09. The fraction of sp³-hybridized carbons (Fsp3) is 0.647. The van der Waals surface area contributed by atoms with Gasteiger partial charge in [-0.05, 0) is 49.9 Å². The maximum atomic E-state index is 13.5. The Morgan fingerprint density at radius 2 is 1.91 bits per heavy atom. The monoisotopic (exact) mass is 659 g/mol. The first-order chi connectivity index (χ1) is 21.0. The Labute approximate surface area is 274 Å². The second-order valence-electron chi connectivity index (χ2n) is 14.2. The van der Waals surface area contributed by atoms with Gasteiger partial charge in [-0.15, -0.1) is 11.3 Å². The lowest BCUT2D eigenvalue weighted by molar-refractivity contribution is -0.158. The highest BCUT2D eigenvalue weighted by atomic mass is 32.1. The van der Waals surface area contributed by atoms with Crippen LogP contribution >= 0.6 is 11.3 Å². The summed E-state index contributed by atoms with van der Waals surface area (Å²) in [5, 5.41) is 16.4. The van der Waals surface area contributed by atoms with Gasteiger partial charge < -0.3 is 24.5 Å². The van der Waals surface area contributed by atoms with Gasteiger partial charge in [-0.2, -0.15) is 0 Å². The lowest BCUT2D eigenvalue weighted by Gasteiger charge is -2.39. The molecule has 5 atom stereocenters. The number of nitrogens with zero attached hydrogens (tertiary/aromatic N) is 2. The first-order valence-corrected chi connectivity index (χ1v) is 19.9. The highest BCUT2D eigenvalue weighted by Gasteiger charge is 2.40. The molecule has 45 heavy (non-hydrogen) atoms. The number of carbonyl (C=O) groups is 3. The highest BCUT2D eigenvalue weighted by Crippen LogP contribution is 2.38. The van der Waals surface area contributed by atoms with Crippen LogP contribution in [0.3, 0.4) is 0 Å². The molecule has 1 aromatic rings. The Bertz CT molecular complexity index is 1280. The molecule has 250 valence electrons. The van der Waals surface area contributed by atoms with E-state index >= 15 is 0 Å². The summed E-state index contributed by atoms with van der Waals surface area (Å²) in [5.41, 5.74) is 1.24. The third kappa shape index (κ3) is 10.5. The number of hydrogen-bond acceptors (Lipinski definition) is 8. The van der Waals surface area contributed by atoms with Gasteiger partial charge in [0.05, 0.1) is 17.2 Å². The number of fused-ring (bicyclic) bond motifs is 3. The standard InChI is InChI=1S/C34H53N3O6SSi/c1-22(2)31-24(4)14-15-29(39)35-16-10-12-23(3)18-26(43-45(8,9)34(5,6)7)19-25(38)20-30-36-27(21-44-30)32(40)37-17-11-13-28(37)33(41)42-31/h10,12,14-15,18,21-22,24-26,28,31,38H,11,13,16-17,19-20H2,1-9H3,(H,35,39)/b12-10+,15-14+,23-18+/t24-,25+,26?,28-,31-/m1/s1. The van der Waals surface area contributed by atoms with Crippen LogP contribution in [0.4, 0.5) is 0 Å². The molecule has 2 aliphatic heterocycles. The summed E-state index contributed by atoms with van der Waals surface area (Å²) < 4.78 is 12.7. The Balaban J connectivity index is 1.92. The van der Waals surface area contributed by atoms with E-state index in [1.165, 1.54) is 17.4 Å². The Morgan fingerprint density at radius 1 is 1.20 bits per heavy atom. The number of hydrogen-bond donors (Lipinski definition) is 2. The second kappa shape index (κ2) is 15.8. The Hall–Kier alpha value is -2.60. The third-order valence-electron chi connectivity index (χ3n) is 8.93. The van der Waals surface area contributed by atoms with E-state index in [1.807, 2.05) is 45.9 Å². The molecule has 1 aromatic heterocycles. The maximum absolute atomic E-state index is 13.5. The summed E-state index contributed by atoms with van der Waals surface area (Å²) >= 11 is 1.34. The van der Waals surface area contributed by atoms with Crippen molar-refractivity contribution in [1.82, 2.24) is 15.2 Å². The number of thiazole rings is 1. The summed E-state index contributed by atoms with van der Waals surface area (Å²) in [7, 11) is -2.16. The molecule has 0 radical (unpaired) electrons. The van der Waals surface area contributed by atoms with Crippen LogP contribution in [-0.2, 0) is 25.2 Å². The average Bonchev–Trinajstić information content (AvgIpc) is 3.61. The molecule has 11 heteroatoms. The molecule has 3 heterocycles. The number of amides is 2. The minimum Gasteiger partial charge on any atom is -0.460 e. The largest absolute Gasteiger partial charge is 0.460 e. The zero-order valence-corrected chi connectivity index (χ0v) is 30.3. The molecule has 9 nitrogen and oxygen atoms in total. The van der Waals surface area contributed by atoms with Crippen LogP contribution in [0.5, 0.6) is 0 Å². The van der Waals surface area contributed by atoms with E-state index in [9.17, 15) is 19.5 Å². The van der Waals surface area contributed by atoms with Crippen molar-refractivity contribution in [3.8, 4) is 0 Å². The molecular formula is C34H53N3O6SSi. The van der Waals surface area contributed by atoms with Gasteiger partial charge in [0.2, 0.25) is 5.91 Å². The van der Waals surface area contributed by atoms with E-state index in [-0.39, 0.29) is 46.9 Å². The zero-order valence-electron chi connectivity index (χ0n) is 28.5. The summed E-state index contributed by atoms with van der Waals surface area (Å²) in [6.07, 6.45) is 9.47. The molecule has 2 bridgehead atoms. The summed E-state index contributed by atoms with van der Waals surface area (Å²) in [6.45, 7) is 19.6. The van der Waals surface area contributed by atoms with Gasteiger partial charge in [-0.3, -0.25) is 9.59 Å². The number of rotatable bonds is 3.